The summed E-state index contributed by atoms with van der Waals surface area (Å²) in [4.78, 5) is 17.0. The van der Waals surface area contributed by atoms with E-state index in [1.807, 2.05) is 52.0 Å². The van der Waals surface area contributed by atoms with Gasteiger partial charge in [0.2, 0.25) is 0 Å². The van der Waals surface area contributed by atoms with Crippen LogP contribution >= 0.6 is 46.1 Å². The Hall–Kier alpha value is -2.59. The molecule has 230 valence electrons. The highest BCUT2D eigenvalue weighted by Crippen LogP contribution is 2.39. The lowest BCUT2D eigenvalue weighted by Gasteiger charge is -2.31. The van der Waals surface area contributed by atoms with Crippen LogP contribution in [0.3, 0.4) is 0 Å². The molecule has 0 spiro atoms. The van der Waals surface area contributed by atoms with Gasteiger partial charge in [0.15, 0.2) is 0 Å². The number of nitrogens with zero attached hydrogens (tertiary/aromatic N) is 2. The summed E-state index contributed by atoms with van der Waals surface area (Å²) in [6.07, 6.45) is 1.90. The van der Waals surface area contributed by atoms with Crippen molar-refractivity contribution in [2.45, 2.75) is 60.8 Å². The van der Waals surface area contributed by atoms with Crippen molar-refractivity contribution in [3.8, 4) is 5.75 Å². The minimum Gasteiger partial charge on any atom is -0.492 e. The van der Waals surface area contributed by atoms with Gasteiger partial charge in [0.25, 0.3) is 0 Å². The zero-order valence-corrected chi connectivity index (χ0v) is 28.4. The van der Waals surface area contributed by atoms with Crippen molar-refractivity contribution in [2.24, 2.45) is 16.5 Å². The number of nitrogens with one attached hydrogen (secondary N) is 1. The first-order chi connectivity index (χ1) is 20.0. The molecular formula is C31H42Cl3N5O2S. The lowest BCUT2D eigenvalue weighted by Crippen LogP contribution is -2.52. The number of benzene rings is 2. The minimum absolute atomic E-state index is 0.166. The zero-order chi connectivity index (χ0) is 32.0. The number of anilines is 2. The van der Waals surface area contributed by atoms with E-state index >= 15 is 0 Å². The largest absolute Gasteiger partial charge is 0.492 e. The second-order valence-corrected chi connectivity index (χ2v) is 11.1. The lowest BCUT2D eigenvalue weighted by molar-refractivity contribution is -0.106. The van der Waals surface area contributed by atoms with E-state index < -0.39 is 0 Å². The van der Waals surface area contributed by atoms with Gasteiger partial charge in [-0.1, -0.05) is 67.4 Å². The summed E-state index contributed by atoms with van der Waals surface area (Å²) in [5.41, 5.74) is 17.7. The number of fused-ring (bicyclic) bond motifs is 1. The van der Waals surface area contributed by atoms with Crippen LogP contribution in [0.5, 0.6) is 5.75 Å². The number of aryl methyl sites for hydroxylation is 1. The molecule has 2 atom stereocenters. The van der Waals surface area contributed by atoms with Gasteiger partial charge in [0.1, 0.15) is 17.0 Å². The Morgan fingerprint density at radius 3 is 2.31 bits per heavy atom. The van der Waals surface area contributed by atoms with Gasteiger partial charge in [-0.3, -0.25) is 4.99 Å². The van der Waals surface area contributed by atoms with Crippen LogP contribution in [0, 0.1) is 13.8 Å². The molecule has 0 bridgehead atoms. The minimum atomic E-state index is -0.226. The summed E-state index contributed by atoms with van der Waals surface area (Å²) in [6.45, 7) is 18.2. The summed E-state index contributed by atoms with van der Waals surface area (Å²) in [5, 5.41) is 5.76. The molecule has 2 aromatic carbocycles. The highest BCUT2D eigenvalue weighted by Gasteiger charge is 2.30. The Kier molecular flexibility index (Phi) is 16.8. The van der Waals surface area contributed by atoms with Gasteiger partial charge in [-0.2, -0.15) is 0 Å². The number of rotatable bonds is 6. The molecule has 0 saturated heterocycles. The second-order valence-electron chi connectivity index (χ2n) is 8.65. The number of hydrogen-bond acceptors (Lipinski definition) is 8. The van der Waals surface area contributed by atoms with Crippen molar-refractivity contribution < 1.29 is 9.53 Å². The molecule has 0 aliphatic carbocycles. The quantitative estimate of drug-likeness (QED) is 0.230. The third-order valence-electron chi connectivity index (χ3n) is 5.77. The number of halogens is 3. The number of hydrogen-bond donors (Lipinski definition) is 3. The van der Waals surface area contributed by atoms with E-state index in [1.165, 1.54) is 17.4 Å². The van der Waals surface area contributed by atoms with Crippen LogP contribution in [0.4, 0.5) is 10.7 Å². The average molecular weight is 655 g/mol. The Morgan fingerprint density at radius 2 is 1.79 bits per heavy atom. The predicted octanol–water partition coefficient (Wildman–Crippen LogP) is 8.44. The summed E-state index contributed by atoms with van der Waals surface area (Å²) >= 11 is 19.6. The van der Waals surface area contributed by atoms with E-state index in [-0.39, 0.29) is 12.3 Å². The fourth-order valence-electron chi connectivity index (χ4n) is 3.92. The van der Waals surface area contributed by atoms with E-state index in [0.717, 1.165) is 38.8 Å². The summed E-state index contributed by atoms with van der Waals surface area (Å²) < 4.78 is 5.31. The van der Waals surface area contributed by atoms with Crippen LogP contribution in [0.15, 0.2) is 54.2 Å². The molecule has 1 aliphatic rings. The average Bonchev–Trinajstić information content (AvgIpc) is 3.14. The zero-order valence-electron chi connectivity index (χ0n) is 25.3. The van der Waals surface area contributed by atoms with Gasteiger partial charge in [0, 0.05) is 27.1 Å². The van der Waals surface area contributed by atoms with Crippen LogP contribution in [0.2, 0.25) is 15.1 Å². The highest BCUT2D eigenvalue weighted by molar-refractivity contribution is 7.16. The van der Waals surface area contributed by atoms with Gasteiger partial charge in [0.05, 0.1) is 46.9 Å². The number of aldehydes is 1. The Balaban J connectivity index is 0.000000397. The first kappa shape index (κ1) is 37.4. The van der Waals surface area contributed by atoms with Crippen molar-refractivity contribution in [2.75, 3.05) is 23.4 Å². The first-order valence-electron chi connectivity index (χ1n) is 13.6. The van der Waals surface area contributed by atoms with E-state index in [2.05, 4.69) is 30.6 Å². The van der Waals surface area contributed by atoms with Gasteiger partial charge < -0.3 is 31.2 Å². The molecule has 0 fully saturated rings. The number of carbonyl (C=O) groups excluding carboxylic acids is 1. The van der Waals surface area contributed by atoms with Gasteiger partial charge >= 0.3 is 0 Å². The number of thiophene rings is 1. The molecule has 4 rings (SSSR count). The van der Waals surface area contributed by atoms with Gasteiger partial charge in [-0.05, 0) is 64.6 Å². The molecule has 3 aromatic rings. The molecular weight excluding hydrogens is 613 g/mol. The maximum Gasteiger partial charge on any atom is 0.140 e. The van der Waals surface area contributed by atoms with Crippen LogP contribution in [0.1, 0.15) is 56.2 Å². The molecule has 1 aromatic heterocycles. The SMILES string of the molecule is C=CNc1cc(OCC)c(Cl)cc1Cl.CC.CC=O.Cc1sc2c(c1C)C(c1ccc(Cl)cc1)=NCC(N)N2C(C)N. The number of nitrogens with two attached hydrogens (primary N) is 2. The molecule has 7 nitrogen and oxygen atoms in total. The summed E-state index contributed by atoms with van der Waals surface area (Å²) in [7, 11) is 0. The first-order valence-corrected chi connectivity index (χ1v) is 15.5. The number of aliphatic imine (C=N–C) groups is 1. The third kappa shape index (κ3) is 10.0. The van der Waals surface area contributed by atoms with Crippen LogP contribution in [-0.4, -0.2) is 37.5 Å². The molecule has 0 saturated carbocycles. The van der Waals surface area contributed by atoms with Crippen LogP contribution in [-0.2, 0) is 4.79 Å². The highest BCUT2D eigenvalue weighted by atomic mass is 35.5. The monoisotopic (exact) mass is 653 g/mol. The molecule has 5 N–H and O–H groups in total. The smallest absolute Gasteiger partial charge is 0.140 e. The van der Waals surface area contributed by atoms with Gasteiger partial charge in [-0.15, -0.1) is 11.3 Å². The molecule has 42 heavy (non-hydrogen) atoms. The molecule has 2 unspecified atom stereocenters. The lowest BCUT2D eigenvalue weighted by atomic mass is 10.00. The Bertz CT molecular complexity index is 1330. The Labute approximate surface area is 269 Å². The van der Waals surface area contributed by atoms with Crippen molar-refractivity contribution in [3.63, 3.8) is 0 Å². The van der Waals surface area contributed by atoms with Crippen molar-refractivity contribution in [1.82, 2.24) is 0 Å². The molecule has 0 amide bonds. The van der Waals surface area contributed by atoms with E-state index in [0.29, 0.717) is 28.9 Å². The van der Waals surface area contributed by atoms with Crippen molar-refractivity contribution >= 4 is 68.8 Å². The van der Waals surface area contributed by atoms with Crippen LogP contribution in [0.25, 0.3) is 0 Å². The van der Waals surface area contributed by atoms with E-state index in [9.17, 15) is 0 Å². The van der Waals surface area contributed by atoms with E-state index in [4.69, 9.17) is 60.8 Å². The van der Waals surface area contributed by atoms with E-state index in [1.54, 1.807) is 29.7 Å². The van der Waals surface area contributed by atoms with Gasteiger partial charge in [-0.25, -0.2) is 0 Å². The standard InChI is InChI=1S/C17H21ClN4S.C10H11Cl2NO.C2H4O.C2H6/c1-9-10(2)23-17-15(9)16(12-4-6-13(18)7-5-12)21-8-14(20)22(17)11(3)19;1-3-13-9-6-10(14-4-2)8(12)5-7(9)11;1-2-3;1-2/h4-7,11,14H,8,19-20H2,1-3H3;3,5-6,13H,1,4H2,2H3;2H,1H3;1-2H3. The number of carbonyl (C=O) groups is 1. The fourth-order valence-corrected chi connectivity index (χ4v) is 5.84. The maximum absolute atomic E-state index is 8.81. The predicted molar refractivity (Wildman–Crippen MR) is 184 cm³/mol. The number of ether oxygens (including phenoxy) is 1. The Morgan fingerprint density at radius 1 is 1.19 bits per heavy atom. The van der Waals surface area contributed by atoms with Crippen LogP contribution < -0.4 is 26.4 Å². The normalized spacial score (nSPS) is 14.1. The second kappa shape index (κ2) is 18.8. The van der Waals surface area contributed by atoms with Crippen molar-refractivity contribution in [3.05, 3.63) is 85.8 Å². The molecule has 2 heterocycles. The summed E-state index contributed by atoms with van der Waals surface area (Å²) in [6, 6.07) is 11.2. The topological polar surface area (TPSA) is 106 Å². The fraction of sp³-hybridized carbons (Fsp3) is 0.355. The van der Waals surface area contributed by atoms with Crippen molar-refractivity contribution in [1.29, 1.82) is 0 Å². The summed E-state index contributed by atoms with van der Waals surface area (Å²) in [5.74, 6) is 0.614. The third-order valence-corrected chi connectivity index (χ3v) is 7.85. The molecule has 1 aliphatic heterocycles. The molecule has 11 heteroatoms. The maximum atomic E-state index is 8.81. The molecule has 0 radical (unpaired) electrons.